The molecule has 3 heteroatoms. The van der Waals surface area contributed by atoms with Crippen LogP contribution in [0.2, 0.25) is 0 Å². The second-order valence-electron chi connectivity index (χ2n) is 7.99. The Labute approximate surface area is 172 Å². The largest absolute Gasteiger partial charge is 0.376 e. The van der Waals surface area contributed by atoms with E-state index in [1.807, 2.05) is 0 Å². The Hall–Kier alpha value is -2.62. The molecule has 0 spiro atoms. The van der Waals surface area contributed by atoms with Crippen LogP contribution in [0.15, 0.2) is 60.7 Å². The number of nitrogens with one attached hydrogen (secondary N) is 1. The average molecular weight is 385 g/mol. The van der Waals surface area contributed by atoms with Crippen LogP contribution in [0.4, 0.5) is 0 Å². The predicted octanol–water partition coefficient (Wildman–Crippen LogP) is 5.74. The molecule has 1 aliphatic rings. The Balaban J connectivity index is 1.42. The van der Waals surface area contributed by atoms with Gasteiger partial charge >= 0.3 is 0 Å². The molecule has 5 rings (SSSR count). The lowest BCUT2D eigenvalue weighted by Gasteiger charge is -2.17. The first kappa shape index (κ1) is 18.4. The molecule has 0 fully saturated rings. The van der Waals surface area contributed by atoms with Gasteiger partial charge in [-0.05, 0) is 47.9 Å². The Kier molecular flexibility index (Phi) is 4.86. The molecule has 0 saturated carbocycles. The van der Waals surface area contributed by atoms with Crippen LogP contribution in [0.25, 0.3) is 21.7 Å². The van der Waals surface area contributed by atoms with Gasteiger partial charge in [-0.3, -0.25) is 0 Å². The standard InChI is InChI=1S/C26H28N2O/c1-3-28-25-12-11-19(15-23(25)24-17-29-14-13-26(24)28)16-27-18(2)21-10-6-8-20-7-4-5-9-22(20)21/h4-12,15,18,27H,3,13-14,16-17H2,1-2H3/t18-/m1/s1. The van der Waals surface area contributed by atoms with Crippen molar-refractivity contribution in [2.75, 3.05) is 6.61 Å². The molecule has 148 valence electrons. The van der Waals surface area contributed by atoms with E-state index in [0.29, 0.717) is 0 Å². The van der Waals surface area contributed by atoms with E-state index in [9.17, 15) is 0 Å². The number of hydrogen-bond acceptors (Lipinski definition) is 2. The van der Waals surface area contributed by atoms with Crippen molar-refractivity contribution in [3.8, 4) is 0 Å². The normalized spacial score (nSPS) is 15.0. The molecule has 0 radical (unpaired) electrons. The van der Waals surface area contributed by atoms with E-state index < -0.39 is 0 Å². The summed E-state index contributed by atoms with van der Waals surface area (Å²) in [5.74, 6) is 0. The third-order valence-electron chi connectivity index (χ3n) is 6.30. The highest BCUT2D eigenvalue weighted by molar-refractivity contribution is 5.87. The van der Waals surface area contributed by atoms with Gasteiger partial charge in [-0.15, -0.1) is 0 Å². The van der Waals surface area contributed by atoms with Gasteiger partial charge in [0, 0.05) is 47.7 Å². The van der Waals surface area contributed by atoms with Crippen LogP contribution in [0.1, 0.15) is 42.3 Å². The van der Waals surface area contributed by atoms with E-state index in [1.54, 1.807) is 0 Å². The zero-order valence-corrected chi connectivity index (χ0v) is 17.2. The number of hydrogen-bond donors (Lipinski definition) is 1. The van der Waals surface area contributed by atoms with Crippen LogP contribution < -0.4 is 5.32 Å². The third-order valence-corrected chi connectivity index (χ3v) is 6.30. The van der Waals surface area contributed by atoms with E-state index in [0.717, 1.165) is 32.7 Å². The first-order valence-electron chi connectivity index (χ1n) is 10.7. The van der Waals surface area contributed by atoms with Gasteiger partial charge in [0.25, 0.3) is 0 Å². The molecule has 0 amide bonds. The number of aromatic nitrogens is 1. The van der Waals surface area contributed by atoms with Crippen LogP contribution >= 0.6 is 0 Å². The second-order valence-corrected chi connectivity index (χ2v) is 7.99. The van der Waals surface area contributed by atoms with Crippen LogP contribution in [0.3, 0.4) is 0 Å². The number of rotatable bonds is 5. The Morgan fingerprint density at radius 2 is 1.90 bits per heavy atom. The molecule has 29 heavy (non-hydrogen) atoms. The number of fused-ring (bicyclic) bond motifs is 4. The monoisotopic (exact) mass is 384 g/mol. The maximum Gasteiger partial charge on any atom is 0.0740 e. The summed E-state index contributed by atoms with van der Waals surface area (Å²) in [5.41, 5.74) is 6.87. The van der Waals surface area contributed by atoms with Crippen molar-refractivity contribution >= 4 is 21.7 Å². The molecule has 3 nitrogen and oxygen atoms in total. The molecule has 3 aromatic carbocycles. The third kappa shape index (κ3) is 3.25. The topological polar surface area (TPSA) is 26.2 Å². The van der Waals surface area contributed by atoms with Gasteiger partial charge in [-0.2, -0.15) is 0 Å². The molecule has 1 atom stereocenters. The molecule has 1 aliphatic heterocycles. The fourth-order valence-electron chi connectivity index (χ4n) is 4.79. The Morgan fingerprint density at radius 1 is 1.03 bits per heavy atom. The minimum absolute atomic E-state index is 0.286. The Morgan fingerprint density at radius 3 is 2.79 bits per heavy atom. The summed E-state index contributed by atoms with van der Waals surface area (Å²) in [4.78, 5) is 0. The minimum atomic E-state index is 0.286. The highest BCUT2D eigenvalue weighted by Gasteiger charge is 2.20. The van der Waals surface area contributed by atoms with Gasteiger partial charge in [-0.25, -0.2) is 0 Å². The lowest BCUT2D eigenvalue weighted by atomic mass is 9.99. The van der Waals surface area contributed by atoms with Gasteiger partial charge in [0.1, 0.15) is 0 Å². The van der Waals surface area contributed by atoms with E-state index in [2.05, 4.69) is 84.4 Å². The van der Waals surface area contributed by atoms with Crippen molar-refractivity contribution in [1.82, 2.24) is 9.88 Å². The number of nitrogens with zero attached hydrogens (tertiary/aromatic N) is 1. The maximum absolute atomic E-state index is 5.77. The van der Waals surface area contributed by atoms with Gasteiger partial charge in [0.05, 0.1) is 13.2 Å². The summed E-state index contributed by atoms with van der Waals surface area (Å²) in [6.45, 7) is 7.93. The first-order valence-corrected chi connectivity index (χ1v) is 10.7. The van der Waals surface area contributed by atoms with E-state index in [4.69, 9.17) is 4.74 Å². The van der Waals surface area contributed by atoms with Crippen molar-refractivity contribution < 1.29 is 4.74 Å². The van der Waals surface area contributed by atoms with Crippen LogP contribution in [0.5, 0.6) is 0 Å². The smallest absolute Gasteiger partial charge is 0.0740 e. The van der Waals surface area contributed by atoms with Crippen LogP contribution in [-0.4, -0.2) is 11.2 Å². The SMILES string of the molecule is CCn1c2c(c3cc(CN[C@H](C)c4cccc5ccccc45)ccc31)COCC2. The van der Waals surface area contributed by atoms with Gasteiger partial charge in [-0.1, -0.05) is 48.5 Å². The van der Waals surface area contributed by atoms with Gasteiger partial charge in [0.15, 0.2) is 0 Å². The molecule has 0 aliphatic carbocycles. The molecule has 1 N–H and O–H groups in total. The second kappa shape index (κ2) is 7.66. The molecule has 0 unspecified atom stereocenters. The quantitative estimate of drug-likeness (QED) is 0.475. The summed E-state index contributed by atoms with van der Waals surface area (Å²) < 4.78 is 8.23. The molecule has 4 aromatic rings. The van der Waals surface area contributed by atoms with E-state index in [-0.39, 0.29) is 6.04 Å². The zero-order chi connectivity index (χ0) is 19.8. The number of ether oxygens (including phenoxy) is 1. The Bertz CT molecular complexity index is 1170. The summed E-state index contributed by atoms with van der Waals surface area (Å²) >= 11 is 0. The van der Waals surface area contributed by atoms with E-state index >= 15 is 0 Å². The zero-order valence-electron chi connectivity index (χ0n) is 17.2. The molecular formula is C26H28N2O. The predicted molar refractivity (Wildman–Crippen MR) is 120 cm³/mol. The number of aryl methyl sites for hydroxylation is 1. The first-order chi connectivity index (χ1) is 14.3. The van der Waals surface area contributed by atoms with Crippen molar-refractivity contribution in [2.24, 2.45) is 0 Å². The molecule has 0 bridgehead atoms. The lowest BCUT2D eigenvalue weighted by molar-refractivity contribution is 0.110. The fraction of sp³-hybridized carbons (Fsp3) is 0.308. The molecular weight excluding hydrogens is 356 g/mol. The van der Waals surface area contributed by atoms with Crippen molar-refractivity contribution in [3.63, 3.8) is 0 Å². The summed E-state index contributed by atoms with van der Waals surface area (Å²) in [6, 6.07) is 22.4. The highest BCUT2D eigenvalue weighted by atomic mass is 16.5. The molecule has 1 aromatic heterocycles. The highest BCUT2D eigenvalue weighted by Crippen LogP contribution is 2.31. The van der Waals surface area contributed by atoms with E-state index in [1.165, 1.54) is 44.1 Å². The summed E-state index contributed by atoms with van der Waals surface area (Å²) in [6.07, 6.45) is 1.02. The van der Waals surface area contributed by atoms with Crippen molar-refractivity contribution in [2.45, 2.75) is 46.0 Å². The number of benzene rings is 3. The van der Waals surface area contributed by atoms with Crippen LogP contribution in [-0.2, 0) is 30.9 Å². The van der Waals surface area contributed by atoms with Gasteiger partial charge in [0.2, 0.25) is 0 Å². The summed E-state index contributed by atoms with van der Waals surface area (Å²) in [7, 11) is 0. The lowest BCUT2D eigenvalue weighted by Crippen LogP contribution is -2.18. The molecule has 0 saturated heterocycles. The van der Waals surface area contributed by atoms with Crippen molar-refractivity contribution in [1.29, 1.82) is 0 Å². The van der Waals surface area contributed by atoms with Crippen LogP contribution in [0, 0.1) is 0 Å². The van der Waals surface area contributed by atoms with Gasteiger partial charge < -0.3 is 14.6 Å². The average Bonchev–Trinajstić information content (AvgIpc) is 3.10. The molecule has 2 heterocycles. The van der Waals surface area contributed by atoms with Crippen molar-refractivity contribution in [3.05, 3.63) is 83.0 Å². The summed E-state index contributed by atoms with van der Waals surface area (Å²) in [5, 5.41) is 7.72. The fourth-order valence-corrected chi connectivity index (χ4v) is 4.79. The maximum atomic E-state index is 5.77. The minimum Gasteiger partial charge on any atom is -0.376 e.